The van der Waals surface area contributed by atoms with Crippen molar-refractivity contribution in [3.8, 4) is 5.75 Å². The van der Waals surface area contributed by atoms with Gasteiger partial charge in [-0.2, -0.15) is 0 Å². The van der Waals surface area contributed by atoms with Gasteiger partial charge in [-0.1, -0.05) is 34.1 Å². The van der Waals surface area contributed by atoms with E-state index in [1.165, 1.54) is 24.1 Å². The second-order valence-electron chi connectivity index (χ2n) is 6.54. The Labute approximate surface area is 171 Å². The second kappa shape index (κ2) is 8.16. The summed E-state index contributed by atoms with van der Waals surface area (Å²) in [5.41, 5.74) is 1.98. The van der Waals surface area contributed by atoms with E-state index >= 15 is 0 Å². The number of amides is 1. The Morgan fingerprint density at radius 3 is 2.46 bits per heavy atom. The number of carbonyl (C=O) groups is 2. The first-order valence-corrected chi connectivity index (χ1v) is 9.47. The number of aliphatic hydroxyl groups excluding tert-OH is 1. The van der Waals surface area contributed by atoms with Crippen LogP contribution in [0, 0.1) is 6.92 Å². The van der Waals surface area contributed by atoms with Crippen LogP contribution in [0.2, 0.25) is 0 Å². The zero-order chi connectivity index (χ0) is 20.4. The van der Waals surface area contributed by atoms with E-state index in [0.717, 1.165) is 10.0 Å². The summed E-state index contributed by atoms with van der Waals surface area (Å²) < 4.78 is 5.95. The van der Waals surface area contributed by atoms with Crippen molar-refractivity contribution in [1.82, 2.24) is 4.90 Å². The van der Waals surface area contributed by atoms with Crippen LogP contribution >= 0.6 is 15.9 Å². The summed E-state index contributed by atoms with van der Waals surface area (Å²) in [5, 5.41) is 20.5. The minimum atomic E-state index is -0.764. The molecule has 2 N–H and O–H groups in total. The zero-order valence-corrected chi connectivity index (χ0v) is 17.1. The molecule has 1 atom stereocenters. The standard InChI is InChI=1S/C21H20BrNO5/c1-12-11-14(5-8-16(12)22)19(25)17-18(13-3-6-15(24)7-4-13)23(9-10-28-2)21(27)20(17)26/h3-8,11,18,24-25H,9-10H2,1-2H3/b19-17-. The van der Waals surface area contributed by atoms with Gasteiger partial charge in [-0.05, 0) is 42.3 Å². The number of benzene rings is 2. The zero-order valence-electron chi connectivity index (χ0n) is 15.5. The third kappa shape index (κ3) is 3.68. The molecule has 0 spiro atoms. The molecule has 28 heavy (non-hydrogen) atoms. The molecule has 2 aromatic rings. The Kier molecular flexibility index (Phi) is 5.86. The van der Waals surface area contributed by atoms with E-state index in [9.17, 15) is 19.8 Å². The van der Waals surface area contributed by atoms with Crippen LogP contribution in [0.15, 0.2) is 52.5 Å². The number of rotatable bonds is 5. The van der Waals surface area contributed by atoms with Crippen LogP contribution in [0.1, 0.15) is 22.7 Å². The highest BCUT2D eigenvalue weighted by Gasteiger charge is 2.45. The molecule has 0 aliphatic carbocycles. The van der Waals surface area contributed by atoms with Gasteiger partial charge < -0.3 is 19.8 Å². The number of hydrogen-bond donors (Lipinski definition) is 2. The van der Waals surface area contributed by atoms with Gasteiger partial charge in [0.05, 0.1) is 18.2 Å². The van der Waals surface area contributed by atoms with Crippen molar-refractivity contribution >= 4 is 33.4 Å². The van der Waals surface area contributed by atoms with Crippen molar-refractivity contribution in [2.24, 2.45) is 0 Å². The molecule has 1 amide bonds. The number of methoxy groups -OCH3 is 1. The molecule has 0 aromatic heterocycles. The van der Waals surface area contributed by atoms with Crippen molar-refractivity contribution < 1.29 is 24.5 Å². The third-order valence-electron chi connectivity index (χ3n) is 4.72. The lowest BCUT2D eigenvalue weighted by Gasteiger charge is -2.25. The van der Waals surface area contributed by atoms with Gasteiger partial charge in [-0.15, -0.1) is 0 Å². The monoisotopic (exact) mass is 445 g/mol. The Morgan fingerprint density at radius 2 is 1.86 bits per heavy atom. The molecule has 0 bridgehead atoms. The lowest BCUT2D eigenvalue weighted by Crippen LogP contribution is -2.32. The number of aryl methyl sites for hydroxylation is 1. The van der Waals surface area contributed by atoms with Crippen LogP contribution in [0.3, 0.4) is 0 Å². The van der Waals surface area contributed by atoms with Crippen molar-refractivity contribution in [2.45, 2.75) is 13.0 Å². The van der Waals surface area contributed by atoms with E-state index in [-0.39, 0.29) is 30.2 Å². The number of ether oxygens (including phenoxy) is 1. The number of hydrogen-bond acceptors (Lipinski definition) is 5. The van der Waals surface area contributed by atoms with Crippen molar-refractivity contribution in [2.75, 3.05) is 20.3 Å². The molecule has 1 fully saturated rings. The van der Waals surface area contributed by atoms with E-state index in [1.54, 1.807) is 30.3 Å². The predicted molar refractivity (Wildman–Crippen MR) is 108 cm³/mol. The molecule has 7 heteroatoms. The highest BCUT2D eigenvalue weighted by Crippen LogP contribution is 2.39. The smallest absolute Gasteiger partial charge is 0.295 e. The third-order valence-corrected chi connectivity index (χ3v) is 5.61. The SMILES string of the molecule is COCCN1C(=O)C(=O)/C(=C(\O)c2ccc(Br)c(C)c2)C1c1ccc(O)cc1. The number of phenolic OH excluding ortho intramolecular Hbond substituents is 1. The van der Waals surface area contributed by atoms with Crippen LogP contribution in [-0.2, 0) is 14.3 Å². The normalized spacial score (nSPS) is 18.7. The molecule has 1 heterocycles. The van der Waals surface area contributed by atoms with Crippen LogP contribution in [0.25, 0.3) is 5.76 Å². The van der Waals surface area contributed by atoms with Crippen molar-refractivity contribution in [3.63, 3.8) is 0 Å². The lowest BCUT2D eigenvalue weighted by molar-refractivity contribution is -0.140. The van der Waals surface area contributed by atoms with Gasteiger partial charge in [0.15, 0.2) is 0 Å². The topological polar surface area (TPSA) is 87.1 Å². The van der Waals surface area contributed by atoms with Crippen LogP contribution in [0.5, 0.6) is 5.75 Å². The summed E-state index contributed by atoms with van der Waals surface area (Å²) in [7, 11) is 1.51. The summed E-state index contributed by atoms with van der Waals surface area (Å²) in [5.74, 6) is -1.59. The highest BCUT2D eigenvalue weighted by molar-refractivity contribution is 9.10. The molecule has 1 aliphatic heterocycles. The fourth-order valence-corrected chi connectivity index (χ4v) is 3.50. The molecule has 1 unspecified atom stereocenters. The minimum absolute atomic E-state index is 0.0218. The first-order valence-electron chi connectivity index (χ1n) is 8.68. The van der Waals surface area contributed by atoms with Crippen LogP contribution in [0.4, 0.5) is 0 Å². The molecule has 0 saturated carbocycles. The van der Waals surface area contributed by atoms with Gasteiger partial charge >= 0.3 is 0 Å². The maximum atomic E-state index is 12.8. The van der Waals surface area contributed by atoms with Crippen molar-refractivity contribution in [1.29, 1.82) is 0 Å². The number of aliphatic hydroxyl groups is 1. The highest BCUT2D eigenvalue weighted by atomic mass is 79.9. The van der Waals surface area contributed by atoms with Gasteiger partial charge in [0.25, 0.3) is 11.7 Å². The summed E-state index contributed by atoms with van der Waals surface area (Å²) in [6.45, 7) is 2.32. The van der Waals surface area contributed by atoms with Crippen LogP contribution in [-0.4, -0.2) is 47.1 Å². The molecule has 6 nitrogen and oxygen atoms in total. The molecule has 3 rings (SSSR count). The largest absolute Gasteiger partial charge is 0.508 e. The van der Waals surface area contributed by atoms with E-state index < -0.39 is 17.7 Å². The number of nitrogens with zero attached hydrogens (tertiary/aromatic N) is 1. The number of likely N-dealkylation sites (tertiary alicyclic amines) is 1. The Morgan fingerprint density at radius 1 is 1.18 bits per heavy atom. The molecule has 0 radical (unpaired) electrons. The average Bonchev–Trinajstić information content (AvgIpc) is 2.93. The fourth-order valence-electron chi connectivity index (χ4n) is 3.25. The Balaban J connectivity index is 2.17. The van der Waals surface area contributed by atoms with E-state index in [1.807, 2.05) is 6.92 Å². The number of phenols is 1. The fraction of sp³-hybridized carbons (Fsp3) is 0.238. The van der Waals surface area contributed by atoms with Gasteiger partial charge in [-0.3, -0.25) is 9.59 Å². The number of aromatic hydroxyl groups is 1. The minimum Gasteiger partial charge on any atom is -0.508 e. The number of Topliss-reactive ketones (excluding diaryl/α,β-unsaturated/α-hetero) is 1. The quantitative estimate of drug-likeness (QED) is 0.417. The number of ketones is 1. The first-order chi connectivity index (χ1) is 13.3. The van der Waals surface area contributed by atoms with E-state index in [0.29, 0.717) is 11.1 Å². The molecular formula is C21H20BrNO5. The molecule has 146 valence electrons. The molecular weight excluding hydrogens is 426 g/mol. The number of halogens is 1. The summed E-state index contributed by atoms with van der Waals surface area (Å²) in [6, 6.07) is 10.7. The Bertz CT molecular complexity index is 952. The lowest BCUT2D eigenvalue weighted by atomic mass is 9.95. The summed E-state index contributed by atoms with van der Waals surface area (Å²) in [6.07, 6.45) is 0. The maximum absolute atomic E-state index is 12.8. The van der Waals surface area contributed by atoms with E-state index in [2.05, 4.69) is 15.9 Å². The van der Waals surface area contributed by atoms with E-state index in [4.69, 9.17) is 4.74 Å². The van der Waals surface area contributed by atoms with Gasteiger partial charge in [-0.25, -0.2) is 0 Å². The molecule has 1 saturated heterocycles. The van der Waals surface area contributed by atoms with Gasteiger partial charge in [0, 0.05) is 23.7 Å². The number of carbonyl (C=O) groups excluding carboxylic acids is 2. The van der Waals surface area contributed by atoms with Crippen molar-refractivity contribution in [3.05, 3.63) is 69.2 Å². The second-order valence-corrected chi connectivity index (χ2v) is 7.40. The Hall–Kier alpha value is -2.64. The summed E-state index contributed by atoms with van der Waals surface area (Å²) >= 11 is 3.41. The molecule has 1 aliphatic rings. The summed E-state index contributed by atoms with van der Waals surface area (Å²) in [4.78, 5) is 26.8. The molecule has 2 aromatic carbocycles. The first kappa shape index (κ1) is 20.1. The van der Waals surface area contributed by atoms with Crippen LogP contribution < -0.4 is 0 Å². The van der Waals surface area contributed by atoms with Gasteiger partial charge in [0.2, 0.25) is 0 Å². The maximum Gasteiger partial charge on any atom is 0.295 e. The predicted octanol–water partition coefficient (Wildman–Crippen LogP) is 3.53. The average molecular weight is 446 g/mol. The van der Waals surface area contributed by atoms with Gasteiger partial charge in [0.1, 0.15) is 11.5 Å².